The maximum atomic E-state index is 11.8. The SMILES string of the molecule is Cc1cc(N(C)C2CCS(=O)(=O)C2)nc(N2CCCc3ccccc32)n1. The Morgan fingerprint density at radius 3 is 2.81 bits per heavy atom. The van der Waals surface area contributed by atoms with E-state index < -0.39 is 9.84 Å². The van der Waals surface area contributed by atoms with Crippen molar-refractivity contribution in [3.05, 3.63) is 41.6 Å². The van der Waals surface area contributed by atoms with Gasteiger partial charge in [0.25, 0.3) is 0 Å². The summed E-state index contributed by atoms with van der Waals surface area (Å²) < 4.78 is 23.7. The molecule has 0 N–H and O–H groups in total. The Morgan fingerprint density at radius 2 is 2.04 bits per heavy atom. The lowest BCUT2D eigenvalue weighted by Gasteiger charge is -2.31. The lowest BCUT2D eigenvalue weighted by molar-refractivity contribution is 0.600. The normalized spacial score (nSPS) is 21.5. The van der Waals surface area contributed by atoms with Crippen LogP contribution in [0, 0.1) is 6.92 Å². The summed E-state index contributed by atoms with van der Waals surface area (Å²) in [4.78, 5) is 13.6. The Kier molecular flexibility index (Phi) is 4.34. The summed E-state index contributed by atoms with van der Waals surface area (Å²) in [5.41, 5.74) is 3.38. The van der Waals surface area contributed by atoms with Crippen molar-refractivity contribution in [3.8, 4) is 0 Å². The highest BCUT2D eigenvalue weighted by Crippen LogP contribution is 2.32. The molecule has 2 aliphatic rings. The van der Waals surface area contributed by atoms with Crippen LogP contribution in [-0.2, 0) is 16.3 Å². The number of sulfone groups is 1. The first-order valence-corrected chi connectivity index (χ1v) is 10.9. The van der Waals surface area contributed by atoms with E-state index in [2.05, 4.69) is 28.1 Å². The molecule has 1 unspecified atom stereocenters. The number of hydrogen-bond donors (Lipinski definition) is 0. The van der Waals surface area contributed by atoms with Crippen LogP contribution in [0.3, 0.4) is 0 Å². The van der Waals surface area contributed by atoms with Crippen LogP contribution < -0.4 is 9.80 Å². The Bertz CT molecular complexity index is 929. The van der Waals surface area contributed by atoms with Gasteiger partial charge >= 0.3 is 0 Å². The maximum Gasteiger partial charge on any atom is 0.232 e. The molecule has 0 amide bonds. The number of fused-ring (bicyclic) bond motifs is 1. The van der Waals surface area contributed by atoms with E-state index in [0.29, 0.717) is 12.4 Å². The highest BCUT2D eigenvalue weighted by Gasteiger charge is 2.32. The number of rotatable bonds is 3. The number of para-hydroxylation sites is 1. The molecule has 1 aromatic heterocycles. The molecule has 7 heteroatoms. The molecule has 0 aliphatic carbocycles. The van der Waals surface area contributed by atoms with E-state index in [4.69, 9.17) is 4.98 Å². The van der Waals surface area contributed by atoms with Gasteiger partial charge in [0, 0.05) is 37.1 Å². The van der Waals surface area contributed by atoms with Crippen LogP contribution in [0.2, 0.25) is 0 Å². The molecule has 4 rings (SSSR count). The van der Waals surface area contributed by atoms with Crippen LogP contribution in [0.25, 0.3) is 0 Å². The summed E-state index contributed by atoms with van der Waals surface area (Å²) in [5.74, 6) is 1.95. The van der Waals surface area contributed by atoms with Crippen molar-refractivity contribution < 1.29 is 8.42 Å². The van der Waals surface area contributed by atoms with Gasteiger partial charge in [-0.05, 0) is 37.8 Å². The molecule has 1 saturated heterocycles. The summed E-state index contributed by atoms with van der Waals surface area (Å²) in [6.45, 7) is 2.85. The van der Waals surface area contributed by atoms with Crippen LogP contribution in [0.15, 0.2) is 30.3 Å². The van der Waals surface area contributed by atoms with Crippen molar-refractivity contribution in [1.82, 2.24) is 9.97 Å². The van der Waals surface area contributed by atoms with Crippen LogP contribution in [-0.4, -0.2) is 49.5 Å². The van der Waals surface area contributed by atoms with E-state index >= 15 is 0 Å². The highest BCUT2D eigenvalue weighted by atomic mass is 32.2. The number of benzene rings is 1. The van der Waals surface area contributed by atoms with Gasteiger partial charge in [0.2, 0.25) is 5.95 Å². The maximum absolute atomic E-state index is 11.8. The van der Waals surface area contributed by atoms with E-state index in [9.17, 15) is 8.42 Å². The Balaban J connectivity index is 1.68. The second kappa shape index (κ2) is 6.54. The first kappa shape index (κ1) is 17.3. The smallest absolute Gasteiger partial charge is 0.232 e. The minimum absolute atomic E-state index is 0.0178. The predicted molar refractivity (Wildman–Crippen MR) is 104 cm³/mol. The van der Waals surface area contributed by atoms with Crippen LogP contribution in [0.1, 0.15) is 24.1 Å². The van der Waals surface area contributed by atoms with Gasteiger partial charge in [0.15, 0.2) is 9.84 Å². The Labute approximate surface area is 154 Å². The van der Waals surface area contributed by atoms with Crippen molar-refractivity contribution >= 4 is 27.3 Å². The molecule has 1 aromatic carbocycles. The molecule has 0 saturated carbocycles. The third kappa shape index (κ3) is 3.28. The predicted octanol–water partition coefficient (Wildman–Crippen LogP) is 2.49. The summed E-state index contributed by atoms with van der Waals surface area (Å²) >= 11 is 0. The average molecular weight is 372 g/mol. The first-order chi connectivity index (χ1) is 12.4. The molecule has 2 aliphatic heterocycles. The van der Waals surface area contributed by atoms with E-state index in [0.717, 1.165) is 30.9 Å². The van der Waals surface area contributed by atoms with E-state index in [1.165, 1.54) is 11.3 Å². The van der Waals surface area contributed by atoms with Gasteiger partial charge in [-0.1, -0.05) is 18.2 Å². The molecule has 0 spiro atoms. The average Bonchev–Trinajstić information content (AvgIpc) is 3.00. The summed E-state index contributed by atoms with van der Waals surface area (Å²) in [7, 11) is -0.993. The monoisotopic (exact) mass is 372 g/mol. The standard InChI is InChI=1S/C19H24N4O2S/c1-14-12-18(22(2)16-9-11-26(24,25)13-16)21-19(20-14)23-10-5-7-15-6-3-4-8-17(15)23/h3-4,6,8,12,16H,5,7,9-11,13H2,1-2H3. The third-order valence-corrected chi connectivity index (χ3v) is 7.05. The molecule has 2 aromatic rings. The van der Waals surface area contributed by atoms with E-state index in [1.54, 1.807) is 0 Å². The van der Waals surface area contributed by atoms with Gasteiger partial charge in [-0.25, -0.2) is 13.4 Å². The summed E-state index contributed by atoms with van der Waals surface area (Å²) in [5, 5.41) is 0. The molecule has 6 nitrogen and oxygen atoms in total. The number of aryl methyl sites for hydroxylation is 2. The fourth-order valence-electron chi connectivity index (χ4n) is 3.85. The summed E-state index contributed by atoms with van der Waals surface area (Å²) in [6.07, 6.45) is 2.80. The molecular formula is C19H24N4O2S. The molecule has 1 atom stereocenters. The van der Waals surface area contributed by atoms with Gasteiger partial charge in [-0.3, -0.25) is 0 Å². The van der Waals surface area contributed by atoms with Crippen LogP contribution in [0.5, 0.6) is 0 Å². The van der Waals surface area contributed by atoms with Gasteiger partial charge in [0.1, 0.15) is 5.82 Å². The van der Waals surface area contributed by atoms with Crippen molar-refractivity contribution in [1.29, 1.82) is 0 Å². The molecule has 0 bridgehead atoms. The Hall–Kier alpha value is -2.15. The molecule has 0 radical (unpaired) electrons. The number of hydrogen-bond acceptors (Lipinski definition) is 6. The largest absolute Gasteiger partial charge is 0.355 e. The molecule has 3 heterocycles. The zero-order valence-corrected chi connectivity index (χ0v) is 16.0. The van der Waals surface area contributed by atoms with Crippen molar-refractivity contribution in [2.24, 2.45) is 0 Å². The fraction of sp³-hybridized carbons (Fsp3) is 0.474. The second-order valence-electron chi connectivity index (χ2n) is 7.22. The lowest BCUT2D eigenvalue weighted by Crippen LogP contribution is -2.34. The second-order valence-corrected chi connectivity index (χ2v) is 9.45. The van der Waals surface area contributed by atoms with Gasteiger partial charge < -0.3 is 9.80 Å². The highest BCUT2D eigenvalue weighted by molar-refractivity contribution is 7.91. The topological polar surface area (TPSA) is 66.4 Å². The van der Waals surface area contributed by atoms with Crippen molar-refractivity contribution in [2.45, 2.75) is 32.2 Å². The van der Waals surface area contributed by atoms with Crippen LogP contribution >= 0.6 is 0 Å². The molecule has 138 valence electrons. The summed E-state index contributed by atoms with van der Waals surface area (Å²) in [6, 6.07) is 10.3. The number of anilines is 3. The fourth-order valence-corrected chi connectivity index (χ4v) is 5.62. The molecular weight excluding hydrogens is 348 g/mol. The van der Waals surface area contributed by atoms with Crippen molar-refractivity contribution in [2.75, 3.05) is 34.9 Å². The Morgan fingerprint density at radius 1 is 1.23 bits per heavy atom. The lowest BCUT2D eigenvalue weighted by atomic mass is 10.0. The van der Waals surface area contributed by atoms with Gasteiger partial charge in [-0.15, -0.1) is 0 Å². The van der Waals surface area contributed by atoms with Crippen molar-refractivity contribution in [3.63, 3.8) is 0 Å². The number of aromatic nitrogens is 2. The van der Waals surface area contributed by atoms with Crippen LogP contribution in [0.4, 0.5) is 17.5 Å². The van der Waals surface area contributed by atoms with Gasteiger partial charge in [-0.2, -0.15) is 4.98 Å². The zero-order chi connectivity index (χ0) is 18.3. The minimum Gasteiger partial charge on any atom is -0.355 e. The van der Waals surface area contributed by atoms with Gasteiger partial charge in [0.05, 0.1) is 11.5 Å². The molecule has 26 heavy (non-hydrogen) atoms. The quantitative estimate of drug-likeness (QED) is 0.825. The number of nitrogens with zero attached hydrogens (tertiary/aromatic N) is 4. The first-order valence-electron chi connectivity index (χ1n) is 9.07. The van der Waals surface area contributed by atoms with E-state index in [1.807, 2.05) is 31.0 Å². The minimum atomic E-state index is -2.92. The zero-order valence-electron chi connectivity index (χ0n) is 15.2. The molecule has 1 fully saturated rings. The third-order valence-electron chi connectivity index (χ3n) is 5.30. The van der Waals surface area contributed by atoms with E-state index in [-0.39, 0.29) is 17.5 Å².